The standard InChI is InChI=1S/C13H15FO.C2H6/c1-11(15)5-3-2-4-6-12-7-9-13(14)10-8-12;1-2/h3,5,7-10H,2,4,6H2,1H3;1-2H3/b5-3+;. The molecular weight excluding hydrogens is 215 g/mol. The monoisotopic (exact) mass is 236 g/mol. The van der Waals surface area contributed by atoms with E-state index in [1.807, 2.05) is 19.9 Å². The summed E-state index contributed by atoms with van der Waals surface area (Å²) < 4.78 is 12.6. The van der Waals surface area contributed by atoms with Gasteiger partial charge >= 0.3 is 0 Å². The van der Waals surface area contributed by atoms with Gasteiger partial charge in [0.05, 0.1) is 0 Å². The highest BCUT2D eigenvalue weighted by atomic mass is 19.1. The molecule has 0 unspecified atom stereocenters. The van der Waals surface area contributed by atoms with Crippen LogP contribution in [0.3, 0.4) is 0 Å². The van der Waals surface area contributed by atoms with E-state index in [0.717, 1.165) is 24.8 Å². The van der Waals surface area contributed by atoms with Gasteiger partial charge in [-0.3, -0.25) is 4.79 Å². The molecule has 0 saturated heterocycles. The van der Waals surface area contributed by atoms with Crippen molar-refractivity contribution in [2.24, 2.45) is 0 Å². The van der Waals surface area contributed by atoms with Gasteiger partial charge in [0.2, 0.25) is 0 Å². The molecule has 1 nitrogen and oxygen atoms in total. The second-order valence-electron chi connectivity index (χ2n) is 3.53. The number of carbonyl (C=O) groups excluding carboxylic acids is 1. The van der Waals surface area contributed by atoms with Crippen molar-refractivity contribution in [2.75, 3.05) is 0 Å². The lowest BCUT2D eigenvalue weighted by Crippen LogP contribution is -1.85. The third kappa shape index (κ3) is 8.38. The maximum absolute atomic E-state index is 12.6. The summed E-state index contributed by atoms with van der Waals surface area (Å²) in [7, 11) is 0. The largest absolute Gasteiger partial charge is 0.295 e. The molecule has 1 aromatic rings. The van der Waals surface area contributed by atoms with Gasteiger partial charge < -0.3 is 0 Å². The molecule has 0 amide bonds. The van der Waals surface area contributed by atoms with E-state index in [1.165, 1.54) is 19.1 Å². The summed E-state index contributed by atoms with van der Waals surface area (Å²) in [6, 6.07) is 6.54. The van der Waals surface area contributed by atoms with E-state index in [-0.39, 0.29) is 11.6 Å². The average molecular weight is 236 g/mol. The van der Waals surface area contributed by atoms with Crippen LogP contribution in [0.4, 0.5) is 4.39 Å². The van der Waals surface area contributed by atoms with Crippen LogP contribution in [0.25, 0.3) is 0 Å². The third-order valence-corrected chi connectivity index (χ3v) is 2.10. The van der Waals surface area contributed by atoms with E-state index in [4.69, 9.17) is 0 Å². The van der Waals surface area contributed by atoms with E-state index in [0.29, 0.717) is 0 Å². The lowest BCUT2D eigenvalue weighted by molar-refractivity contribution is -0.112. The zero-order valence-electron chi connectivity index (χ0n) is 10.9. The Morgan fingerprint density at radius 2 is 1.82 bits per heavy atom. The highest BCUT2D eigenvalue weighted by Crippen LogP contribution is 2.07. The molecule has 0 aromatic heterocycles. The van der Waals surface area contributed by atoms with Gasteiger partial charge in [0.1, 0.15) is 5.82 Å². The van der Waals surface area contributed by atoms with E-state index >= 15 is 0 Å². The highest BCUT2D eigenvalue weighted by Gasteiger charge is 1.93. The molecule has 17 heavy (non-hydrogen) atoms. The Balaban J connectivity index is 0.00000121. The second-order valence-corrected chi connectivity index (χ2v) is 3.53. The quantitative estimate of drug-likeness (QED) is 0.549. The number of benzene rings is 1. The molecule has 0 aliphatic carbocycles. The van der Waals surface area contributed by atoms with Gasteiger partial charge in [0.25, 0.3) is 0 Å². The van der Waals surface area contributed by atoms with Crippen LogP contribution in [0.2, 0.25) is 0 Å². The minimum Gasteiger partial charge on any atom is -0.295 e. The first-order chi connectivity index (χ1) is 8.18. The molecular formula is C15H21FO. The third-order valence-electron chi connectivity index (χ3n) is 2.10. The molecule has 0 heterocycles. The topological polar surface area (TPSA) is 17.1 Å². The first-order valence-electron chi connectivity index (χ1n) is 6.10. The van der Waals surface area contributed by atoms with Gasteiger partial charge in [-0.25, -0.2) is 4.39 Å². The Kier molecular flexibility index (Phi) is 8.94. The minimum atomic E-state index is -0.199. The number of rotatable bonds is 5. The maximum atomic E-state index is 12.6. The summed E-state index contributed by atoms with van der Waals surface area (Å²) in [5, 5.41) is 0. The predicted octanol–water partition coefficient (Wildman–Crippen LogP) is 4.32. The predicted molar refractivity (Wildman–Crippen MR) is 70.5 cm³/mol. The number of halogens is 1. The number of hydrogen-bond acceptors (Lipinski definition) is 1. The molecule has 0 radical (unpaired) electrons. The second kappa shape index (κ2) is 9.76. The molecule has 0 aliphatic rings. The molecule has 1 rings (SSSR count). The number of allylic oxidation sites excluding steroid dienone is 2. The number of ketones is 1. The fraction of sp³-hybridized carbons (Fsp3) is 0.400. The van der Waals surface area contributed by atoms with Crippen LogP contribution in [-0.4, -0.2) is 5.78 Å². The minimum absolute atomic E-state index is 0.0804. The molecule has 0 saturated carbocycles. The summed E-state index contributed by atoms with van der Waals surface area (Å²) in [6.45, 7) is 5.54. The Morgan fingerprint density at radius 3 is 2.35 bits per heavy atom. The first-order valence-corrected chi connectivity index (χ1v) is 6.10. The molecule has 0 bridgehead atoms. The van der Waals surface area contributed by atoms with Crippen molar-refractivity contribution < 1.29 is 9.18 Å². The van der Waals surface area contributed by atoms with Crippen LogP contribution in [0.1, 0.15) is 39.2 Å². The van der Waals surface area contributed by atoms with Crippen molar-refractivity contribution in [2.45, 2.75) is 40.0 Å². The van der Waals surface area contributed by atoms with Crippen molar-refractivity contribution in [3.63, 3.8) is 0 Å². The SMILES string of the molecule is CC.CC(=O)/C=C/CCCc1ccc(F)cc1. The van der Waals surface area contributed by atoms with Gasteiger partial charge in [-0.2, -0.15) is 0 Å². The lowest BCUT2D eigenvalue weighted by atomic mass is 10.1. The highest BCUT2D eigenvalue weighted by molar-refractivity contribution is 5.87. The number of unbranched alkanes of at least 4 members (excludes halogenated alkanes) is 1. The Morgan fingerprint density at radius 1 is 1.24 bits per heavy atom. The smallest absolute Gasteiger partial charge is 0.152 e. The van der Waals surface area contributed by atoms with Gasteiger partial charge in [0.15, 0.2) is 5.78 Å². The molecule has 0 aliphatic heterocycles. The molecule has 0 atom stereocenters. The molecule has 94 valence electrons. The van der Waals surface area contributed by atoms with Crippen LogP contribution >= 0.6 is 0 Å². The van der Waals surface area contributed by atoms with Crippen molar-refractivity contribution in [1.29, 1.82) is 0 Å². The van der Waals surface area contributed by atoms with E-state index in [1.54, 1.807) is 18.2 Å². The summed E-state index contributed by atoms with van der Waals surface area (Å²) in [6.07, 6.45) is 6.26. The normalized spacial score (nSPS) is 9.88. The molecule has 0 spiro atoms. The molecule has 1 aromatic carbocycles. The fourth-order valence-electron chi connectivity index (χ4n) is 1.32. The van der Waals surface area contributed by atoms with Gasteiger partial charge in [0, 0.05) is 0 Å². The van der Waals surface area contributed by atoms with E-state index in [9.17, 15) is 9.18 Å². The Labute approximate surface area is 103 Å². The fourth-order valence-corrected chi connectivity index (χ4v) is 1.32. The van der Waals surface area contributed by atoms with E-state index in [2.05, 4.69) is 0 Å². The summed E-state index contributed by atoms with van der Waals surface area (Å²) in [5.41, 5.74) is 1.13. The Bertz CT molecular complexity index is 338. The van der Waals surface area contributed by atoms with Crippen LogP contribution in [0.5, 0.6) is 0 Å². The van der Waals surface area contributed by atoms with Crippen molar-refractivity contribution in [3.05, 3.63) is 47.8 Å². The average Bonchev–Trinajstić information content (AvgIpc) is 2.33. The van der Waals surface area contributed by atoms with Gasteiger partial charge in [-0.1, -0.05) is 32.1 Å². The zero-order valence-corrected chi connectivity index (χ0v) is 10.9. The van der Waals surface area contributed by atoms with Crippen LogP contribution < -0.4 is 0 Å². The molecule has 2 heteroatoms. The van der Waals surface area contributed by atoms with Crippen molar-refractivity contribution >= 4 is 5.78 Å². The van der Waals surface area contributed by atoms with Crippen LogP contribution in [0, 0.1) is 5.82 Å². The zero-order chi connectivity index (χ0) is 13.1. The van der Waals surface area contributed by atoms with Gasteiger partial charge in [-0.15, -0.1) is 0 Å². The summed E-state index contributed by atoms with van der Waals surface area (Å²) in [4.78, 5) is 10.6. The van der Waals surface area contributed by atoms with Crippen LogP contribution in [-0.2, 0) is 11.2 Å². The number of hydrogen-bond donors (Lipinski definition) is 0. The van der Waals surface area contributed by atoms with Crippen molar-refractivity contribution in [3.8, 4) is 0 Å². The molecule has 0 N–H and O–H groups in total. The summed E-state index contributed by atoms with van der Waals surface area (Å²) >= 11 is 0. The molecule has 0 fully saturated rings. The summed E-state index contributed by atoms with van der Waals surface area (Å²) in [5.74, 6) is -0.119. The van der Waals surface area contributed by atoms with E-state index < -0.39 is 0 Å². The van der Waals surface area contributed by atoms with Crippen LogP contribution in [0.15, 0.2) is 36.4 Å². The first kappa shape index (κ1) is 15.6. The number of aryl methyl sites for hydroxylation is 1. The number of carbonyl (C=O) groups is 1. The van der Waals surface area contributed by atoms with Gasteiger partial charge in [-0.05, 0) is 50.0 Å². The van der Waals surface area contributed by atoms with Crippen molar-refractivity contribution in [1.82, 2.24) is 0 Å². The maximum Gasteiger partial charge on any atom is 0.152 e. The lowest BCUT2D eigenvalue weighted by Gasteiger charge is -1.98. The Hall–Kier alpha value is -1.44.